The van der Waals surface area contributed by atoms with Gasteiger partial charge in [-0.15, -0.1) is 0 Å². The summed E-state index contributed by atoms with van der Waals surface area (Å²) in [5.41, 5.74) is 0. The van der Waals surface area contributed by atoms with Gasteiger partial charge in [-0.2, -0.15) is 0 Å². The summed E-state index contributed by atoms with van der Waals surface area (Å²) < 4.78 is 31.8. The van der Waals surface area contributed by atoms with Gasteiger partial charge in [0.15, 0.2) is 0 Å². The largest absolute Gasteiger partial charge is 0.378 e. The predicted octanol–water partition coefficient (Wildman–Crippen LogP) is 1.45. The van der Waals surface area contributed by atoms with Crippen molar-refractivity contribution < 1.29 is 13.2 Å². The minimum atomic E-state index is -3.20. The van der Waals surface area contributed by atoms with Crippen molar-refractivity contribution in [1.82, 2.24) is 9.62 Å². The molecule has 0 saturated carbocycles. The van der Waals surface area contributed by atoms with Crippen LogP contribution in [0.25, 0.3) is 0 Å². The van der Waals surface area contributed by atoms with Crippen LogP contribution in [-0.4, -0.2) is 57.4 Å². The first-order valence-electron chi connectivity index (χ1n) is 7.76. The van der Waals surface area contributed by atoms with E-state index in [9.17, 15) is 8.42 Å². The molecule has 0 aromatic rings. The van der Waals surface area contributed by atoms with Crippen LogP contribution >= 0.6 is 0 Å². The highest BCUT2D eigenvalue weighted by atomic mass is 32.2. The van der Waals surface area contributed by atoms with Crippen LogP contribution in [0.3, 0.4) is 0 Å². The molecular formula is C14H30N2O3S. The topological polar surface area (TPSA) is 58.6 Å². The highest BCUT2D eigenvalue weighted by Crippen LogP contribution is 2.15. The molecule has 0 aromatic carbocycles. The zero-order chi connectivity index (χ0) is 15.0. The molecule has 6 heteroatoms. The van der Waals surface area contributed by atoms with Crippen LogP contribution < -0.4 is 5.32 Å². The second kappa shape index (κ2) is 8.97. The molecule has 1 heterocycles. The summed E-state index contributed by atoms with van der Waals surface area (Å²) in [6.45, 7) is 9.38. The van der Waals surface area contributed by atoms with Crippen LogP contribution in [0.15, 0.2) is 0 Å². The van der Waals surface area contributed by atoms with Gasteiger partial charge in [-0.25, -0.2) is 12.7 Å². The van der Waals surface area contributed by atoms with E-state index in [1.807, 2.05) is 20.8 Å². The third kappa shape index (κ3) is 6.52. The fraction of sp³-hybridized carbons (Fsp3) is 1.00. The van der Waals surface area contributed by atoms with Crippen molar-refractivity contribution in [3.8, 4) is 0 Å². The molecule has 1 saturated heterocycles. The number of piperidine rings is 1. The molecule has 120 valence electrons. The zero-order valence-electron chi connectivity index (χ0n) is 13.1. The number of rotatable bonds is 9. The summed E-state index contributed by atoms with van der Waals surface area (Å²) in [5, 5.41) is 3.35. The predicted molar refractivity (Wildman–Crippen MR) is 82.3 cm³/mol. The summed E-state index contributed by atoms with van der Waals surface area (Å²) in [7, 11) is -3.20. The summed E-state index contributed by atoms with van der Waals surface area (Å²) in [6, 6.07) is 0. The van der Waals surface area contributed by atoms with Crippen molar-refractivity contribution in [2.45, 2.75) is 46.1 Å². The summed E-state index contributed by atoms with van der Waals surface area (Å²) in [4.78, 5) is 0. The Kier molecular flexibility index (Phi) is 8.02. The number of sulfonamides is 1. The number of ether oxygens (including phenoxy) is 1. The van der Waals surface area contributed by atoms with Crippen LogP contribution in [0.5, 0.6) is 0 Å². The molecule has 1 aliphatic heterocycles. The molecule has 1 atom stereocenters. The van der Waals surface area contributed by atoms with Crippen molar-refractivity contribution in [1.29, 1.82) is 0 Å². The van der Waals surface area contributed by atoms with Gasteiger partial charge in [0, 0.05) is 13.1 Å². The van der Waals surface area contributed by atoms with Gasteiger partial charge in [-0.1, -0.05) is 6.92 Å². The van der Waals surface area contributed by atoms with Crippen molar-refractivity contribution in [2.24, 2.45) is 5.92 Å². The fourth-order valence-electron chi connectivity index (χ4n) is 2.48. The highest BCUT2D eigenvalue weighted by Gasteiger charge is 2.25. The van der Waals surface area contributed by atoms with Crippen LogP contribution in [-0.2, 0) is 14.8 Å². The van der Waals surface area contributed by atoms with Gasteiger partial charge >= 0.3 is 0 Å². The Balaban J connectivity index is 2.53. The lowest BCUT2D eigenvalue weighted by molar-refractivity contribution is 0.0905. The normalized spacial score (nSPS) is 20.8. The van der Waals surface area contributed by atoms with E-state index in [4.69, 9.17) is 4.74 Å². The first-order chi connectivity index (χ1) is 9.45. The van der Waals surface area contributed by atoms with E-state index in [0.717, 1.165) is 32.4 Å². The van der Waals surface area contributed by atoms with Gasteiger partial charge in [0.2, 0.25) is 10.0 Å². The molecule has 0 amide bonds. The molecule has 1 aliphatic rings. The SMILES string of the molecule is CCCN(CC1CCCNC1)S(=O)(=O)CCOC(C)C. The lowest BCUT2D eigenvalue weighted by atomic mass is 10.00. The first-order valence-corrected chi connectivity index (χ1v) is 9.36. The minimum Gasteiger partial charge on any atom is -0.378 e. The maximum atomic E-state index is 12.4. The molecule has 5 nitrogen and oxygen atoms in total. The van der Waals surface area contributed by atoms with Gasteiger partial charge < -0.3 is 10.1 Å². The average molecular weight is 306 g/mol. The second-order valence-electron chi connectivity index (χ2n) is 5.81. The molecule has 0 bridgehead atoms. The standard InChI is InChI=1S/C14H30N2O3S/c1-4-8-16(12-14-6-5-7-15-11-14)20(17,18)10-9-19-13(2)3/h13-15H,4-12H2,1-3H3. The van der Waals surface area contributed by atoms with Gasteiger partial charge in [-0.3, -0.25) is 0 Å². The summed E-state index contributed by atoms with van der Waals surface area (Å²) in [5.74, 6) is 0.529. The van der Waals surface area contributed by atoms with Gasteiger partial charge in [0.05, 0.1) is 18.5 Å². The van der Waals surface area contributed by atoms with Crippen LogP contribution in [0.4, 0.5) is 0 Å². The lowest BCUT2D eigenvalue weighted by Crippen LogP contribution is -2.42. The number of nitrogens with zero attached hydrogens (tertiary/aromatic N) is 1. The summed E-state index contributed by atoms with van der Waals surface area (Å²) >= 11 is 0. The molecule has 1 fully saturated rings. The number of nitrogens with one attached hydrogen (secondary N) is 1. The Bertz CT molecular complexity index is 351. The van der Waals surface area contributed by atoms with Crippen LogP contribution in [0.1, 0.15) is 40.0 Å². The monoisotopic (exact) mass is 306 g/mol. The molecule has 1 rings (SSSR count). The Morgan fingerprint density at radius 1 is 1.40 bits per heavy atom. The molecule has 0 aromatic heterocycles. The number of hydrogen-bond acceptors (Lipinski definition) is 4. The highest BCUT2D eigenvalue weighted by molar-refractivity contribution is 7.89. The molecule has 0 radical (unpaired) electrons. The smallest absolute Gasteiger partial charge is 0.216 e. The first kappa shape index (κ1) is 17.9. The van der Waals surface area contributed by atoms with E-state index in [2.05, 4.69) is 5.32 Å². The molecule has 1 N–H and O–H groups in total. The second-order valence-corrected chi connectivity index (χ2v) is 7.89. The Morgan fingerprint density at radius 3 is 2.70 bits per heavy atom. The Morgan fingerprint density at radius 2 is 2.15 bits per heavy atom. The van der Waals surface area contributed by atoms with Gasteiger partial charge in [0.25, 0.3) is 0 Å². The third-order valence-corrected chi connectivity index (χ3v) is 5.32. The van der Waals surface area contributed by atoms with Crippen molar-refractivity contribution in [3.05, 3.63) is 0 Å². The van der Waals surface area contributed by atoms with E-state index in [0.29, 0.717) is 19.0 Å². The molecule has 20 heavy (non-hydrogen) atoms. The van der Waals surface area contributed by atoms with Gasteiger partial charge in [0.1, 0.15) is 0 Å². The quantitative estimate of drug-likeness (QED) is 0.700. The lowest BCUT2D eigenvalue weighted by Gasteiger charge is -2.29. The number of hydrogen-bond donors (Lipinski definition) is 1. The van der Waals surface area contributed by atoms with Crippen LogP contribution in [0, 0.1) is 5.92 Å². The van der Waals surface area contributed by atoms with E-state index in [1.165, 1.54) is 0 Å². The van der Waals surface area contributed by atoms with Crippen molar-refractivity contribution >= 4 is 10.0 Å². The molecule has 0 aliphatic carbocycles. The van der Waals surface area contributed by atoms with Gasteiger partial charge in [-0.05, 0) is 52.1 Å². The Hall–Kier alpha value is -0.170. The van der Waals surface area contributed by atoms with Crippen molar-refractivity contribution in [3.63, 3.8) is 0 Å². The minimum absolute atomic E-state index is 0.0763. The van der Waals surface area contributed by atoms with E-state index in [1.54, 1.807) is 4.31 Å². The Labute approximate surface area is 124 Å². The van der Waals surface area contributed by atoms with E-state index >= 15 is 0 Å². The molecule has 1 unspecified atom stereocenters. The van der Waals surface area contributed by atoms with E-state index < -0.39 is 10.0 Å². The zero-order valence-corrected chi connectivity index (χ0v) is 13.9. The van der Waals surface area contributed by atoms with E-state index in [-0.39, 0.29) is 18.5 Å². The maximum absolute atomic E-state index is 12.4. The van der Waals surface area contributed by atoms with Crippen molar-refractivity contribution in [2.75, 3.05) is 38.5 Å². The average Bonchev–Trinajstić information content (AvgIpc) is 2.38. The molecular weight excluding hydrogens is 276 g/mol. The molecule has 0 spiro atoms. The summed E-state index contributed by atoms with van der Waals surface area (Å²) in [6.07, 6.45) is 3.18. The fourth-order valence-corrected chi connectivity index (χ4v) is 3.94. The van der Waals surface area contributed by atoms with Crippen LogP contribution in [0.2, 0.25) is 0 Å². The third-order valence-electron chi connectivity index (χ3n) is 3.52. The maximum Gasteiger partial charge on any atom is 0.216 e.